The van der Waals surface area contributed by atoms with Crippen LogP contribution >= 0.6 is 0 Å². The van der Waals surface area contributed by atoms with Crippen LogP contribution in [-0.4, -0.2) is 23.4 Å². The number of para-hydroxylation sites is 2. The number of carbonyl (C=O) groups excluding carboxylic acids is 1. The molecule has 2 fully saturated rings. The Hall–Kier alpha value is -3.37. The van der Waals surface area contributed by atoms with E-state index in [-0.39, 0.29) is 0 Å². The van der Waals surface area contributed by atoms with Crippen LogP contribution in [0.5, 0.6) is 11.5 Å². The van der Waals surface area contributed by atoms with Crippen molar-refractivity contribution in [2.24, 2.45) is 0 Å². The van der Waals surface area contributed by atoms with E-state index in [9.17, 15) is 4.79 Å². The monoisotopic (exact) mass is 422 g/mol. The fourth-order valence-electron chi connectivity index (χ4n) is 5.78. The van der Waals surface area contributed by atoms with Gasteiger partial charge in [-0.25, -0.2) is 0 Å². The summed E-state index contributed by atoms with van der Waals surface area (Å²) in [5.41, 5.74) is 7.17. The molecule has 3 aliphatic rings. The number of carbonyl (C=O) groups is 1. The molecule has 160 valence electrons. The molecule has 0 saturated carbocycles. The van der Waals surface area contributed by atoms with Gasteiger partial charge in [0.25, 0.3) is 0 Å². The summed E-state index contributed by atoms with van der Waals surface area (Å²) in [6.45, 7) is 1.03. The number of rotatable bonds is 4. The molecule has 3 aromatic carbocycles. The molecule has 0 aromatic heterocycles. The lowest BCUT2D eigenvalue weighted by Gasteiger charge is -2.38. The van der Waals surface area contributed by atoms with E-state index in [1.54, 1.807) is 0 Å². The minimum atomic E-state index is 0.575. The van der Waals surface area contributed by atoms with Crippen molar-refractivity contribution in [2.45, 2.75) is 44.3 Å². The molecule has 6 rings (SSSR count). The minimum Gasteiger partial charge on any atom is -0.454 e. The number of ether oxygens (including phenoxy) is 1. The molecule has 4 nitrogen and oxygen atoms in total. The van der Waals surface area contributed by atoms with Gasteiger partial charge in [-0.2, -0.15) is 0 Å². The summed E-state index contributed by atoms with van der Waals surface area (Å²) in [6.07, 6.45) is 5.39. The van der Waals surface area contributed by atoms with Crippen molar-refractivity contribution in [3.8, 4) is 11.5 Å². The highest BCUT2D eigenvalue weighted by molar-refractivity contribution is 5.93. The Morgan fingerprint density at radius 2 is 1.59 bits per heavy atom. The number of hydrogen-bond donors (Lipinski definition) is 1. The Morgan fingerprint density at radius 3 is 2.38 bits per heavy atom. The molecule has 0 aliphatic carbocycles. The zero-order chi connectivity index (χ0) is 21.5. The van der Waals surface area contributed by atoms with Crippen LogP contribution in [0.4, 0.5) is 5.69 Å². The van der Waals surface area contributed by atoms with Crippen LogP contribution in [0.2, 0.25) is 0 Å². The smallest absolute Gasteiger partial charge is 0.211 e. The van der Waals surface area contributed by atoms with Gasteiger partial charge in [0.1, 0.15) is 5.75 Å². The number of benzene rings is 3. The lowest BCUT2D eigenvalue weighted by atomic mass is 9.83. The van der Waals surface area contributed by atoms with Crippen molar-refractivity contribution in [1.82, 2.24) is 4.90 Å². The number of nitrogens with one attached hydrogen (secondary N) is 1. The molecule has 2 unspecified atom stereocenters. The first-order valence-corrected chi connectivity index (χ1v) is 11.4. The van der Waals surface area contributed by atoms with Gasteiger partial charge >= 0.3 is 0 Å². The zero-order valence-corrected chi connectivity index (χ0v) is 18.0. The summed E-state index contributed by atoms with van der Waals surface area (Å²) in [7, 11) is 0. The third-order valence-electron chi connectivity index (χ3n) is 7.16. The van der Waals surface area contributed by atoms with Gasteiger partial charge in [-0.1, -0.05) is 66.2 Å². The van der Waals surface area contributed by atoms with Gasteiger partial charge in [0, 0.05) is 29.8 Å². The normalized spacial score (nSPS) is 21.5. The third kappa shape index (κ3) is 3.23. The Bertz CT molecular complexity index is 1190. The van der Waals surface area contributed by atoms with Gasteiger partial charge in [-0.05, 0) is 49.0 Å². The average molecular weight is 423 g/mol. The molecule has 0 radical (unpaired) electrons. The van der Waals surface area contributed by atoms with Crippen LogP contribution in [0.1, 0.15) is 42.4 Å². The molecule has 1 N–H and O–H groups in total. The molecule has 2 bridgehead atoms. The lowest BCUT2D eigenvalue weighted by molar-refractivity contribution is -0.105. The van der Waals surface area contributed by atoms with Crippen LogP contribution in [0.15, 0.2) is 78.4 Å². The summed E-state index contributed by atoms with van der Waals surface area (Å²) in [6, 6.07) is 26.3. The molecule has 2 saturated heterocycles. The Labute approximate surface area is 188 Å². The van der Waals surface area contributed by atoms with Gasteiger partial charge in [0.15, 0.2) is 5.75 Å². The van der Waals surface area contributed by atoms with Crippen LogP contribution in [0, 0.1) is 0 Å². The second kappa shape index (κ2) is 7.95. The fourth-order valence-corrected chi connectivity index (χ4v) is 5.78. The molecule has 3 aliphatic heterocycles. The van der Waals surface area contributed by atoms with E-state index >= 15 is 0 Å². The first kappa shape index (κ1) is 19.3. The van der Waals surface area contributed by atoms with E-state index in [1.165, 1.54) is 29.6 Å². The summed E-state index contributed by atoms with van der Waals surface area (Å²) >= 11 is 0. The van der Waals surface area contributed by atoms with Gasteiger partial charge < -0.3 is 10.1 Å². The first-order valence-electron chi connectivity index (χ1n) is 11.4. The first-order chi connectivity index (χ1) is 15.8. The molecule has 3 aromatic rings. The average Bonchev–Trinajstić information content (AvgIpc) is 3.05. The van der Waals surface area contributed by atoms with Gasteiger partial charge in [0.05, 0.1) is 5.69 Å². The Kier molecular flexibility index (Phi) is 4.80. The van der Waals surface area contributed by atoms with Crippen LogP contribution in [-0.2, 0) is 11.3 Å². The largest absolute Gasteiger partial charge is 0.454 e. The molecule has 0 spiro atoms. The number of anilines is 1. The summed E-state index contributed by atoms with van der Waals surface area (Å²) < 4.78 is 6.29. The van der Waals surface area contributed by atoms with Crippen LogP contribution < -0.4 is 10.1 Å². The van der Waals surface area contributed by atoms with Crippen molar-refractivity contribution in [1.29, 1.82) is 0 Å². The van der Waals surface area contributed by atoms with Crippen molar-refractivity contribution >= 4 is 17.7 Å². The van der Waals surface area contributed by atoms with E-state index in [2.05, 4.69) is 58.7 Å². The second-order valence-corrected chi connectivity index (χ2v) is 8.97. The van der Waals surface area contributed by atoms with Gasteiger partial charge in [0.2, 0.25) is 6.41 Å². The third-order valence-corrected chi connectivity index (χ3v) is 7.16. The van der Waals surface area contributed by atoms with E-state index < -0.39 is 0 Å². The lowest BCUT2D eigenvalue weighted by Crippen LogP contribution is -2.40. The number of amides is 1. The van der Waals surface area contributed by atoms with Gasteiger partial charge in [-0.3, -0.25) is 9.69 Å². The molecule has 3 heterocycles. The van der Waals surface area contributed by atoms with Crippen molar-refractivity contribution in [3.63, 3.8) is 0 Å². The van der Waals surface area contributed by atoms with Crippen molar-refractivity contribution in [2.75, 3.05) is 5.32 Å². The standard InChI is InChI=1S/C28H26N2O2/c31-18-29-25-11-6-10-24-27(23-9-4-5-12-26(23)32-28(24)25)20-15-21-13-14-22(16-20)30(21)17-19-7-2-1-3-8-19/h1-12,18,21-22H,13-17H2,(H,29,31). The van der Waals surface area contributed by atoms with Crippen molar-refractivity contribution < 1.29 is 9.53 Å². The fraction of sp³-hybridized carbons (Fsp3) is 0.250. The topological polar surface area (TPSA) is 41.6 Å². The van der Waals surface area contributed by atoms with Gasteiger partial charge in [-0.15, -0.1) is 0 Å². The predicted molar refractivity (Wildman–Crippen MR) is 127 cm³/mol. The summed E-state index contributed by atoms with van der Waals surface area (Å²) in [5, 5.41) is 2.82. The maximum atomic E-state index is 11.2. The van der Waals surface area contributed by atoms with E-state index in [4.69, 9.17) is 4.74 Å². The number of piperidine rings is 1. The zero-order valence-electron chi connectivity index (χ0n) is 18.0. The number of fused-ring (bicyclic) bond motifs is 4. The molecule has 4 heteroatoms. The van der Waals surface area contributed by atoms with Crippen LogP contribution in [0.3, 0.4) is 0 Å². The molecular formula is C28H26N2O2. The molecule has 1 amide bonds. The SMILES string of the molecule is O=CNc1cccc2c1Oc1ccccc1C2=C1CC2CCC(C1)N2Cc1ccccc1. The number of nitrogens with zero attached hydrogens (tertiary/aromatic N) is 1. The van der Waals surface area contributed by atoms with E-state index in [1.807, 2.05) is 24.3 Å². The highest BCUT2D eigenvalue weighted by atomic mass is 16.5. The predicted octanol–water partition coefficient (Wildman–Crippen LogP) is 5.99. The van der Waals surface area contributed by atoms with E-state index in [0.29, 0.717) is 18.5 Å². The molecule has 2 atom stereocenters. The maximum Gasteiger partial charge on any atom is 0.211 e. The van der Waals surface area contributed by atoms with Crippen molar-refractivity contribution in [3.05, 3.63) is 95.1 Å². The number of hydrogen-bond acceptors (Lipinski definition) is 3. The quantitative estimate of drug-likeness (QED) is 0.411. The maximum absolute atomic E-state index is 11.2. The second-order valence-electron chi connectivity index (χ2n) is 8.97. The summed E-state index contributed by atoms with van der Waals surface area (Å²) in [4.78, 5) is 13.9. The highest BCUT2D eigenvalue weighted by Gasteiger charge is 2.40. The molecule has 32 heavy (non-hydrogen) atoms. The Balaban J connectivity index is 1.42. The Morgan fingerprint density at radius 1 is 0.875 bits per heavy atom. The van der Waals surface area contributed by atoms with Crippen LogP contribution in [0.25, 0.3) is 5.57 Å². The minimum absolute atomic E-state index is 0.575. The highest BCUT2D eigenvalue weighted by Crippen LogP contribution is 2.51. The molecular weight excluding hydrogens is 396 g/mol. The van der Waals surface area contributed by atoms with E-state index in [0.717, 1.165) is 47.7 Å². The summed E-state index contributed by atoms with van der Waals surface area (Å²) in [5.74, 6) is 1.61.